The van der Waals surface area contributed by atoms with Crippen LogP contribution in [0, 0.1) is 0 Å². The van der Waals surface area contributed by atoms with Crippen LogP contribution in [0.5, 0.6) is 5.75 Å². The molecule has 0 radical (unpaired) electrons. The highest BCUT2D eigenvalue weighted by atomic mass is 19.3. The number of hydrogen-bond acceptors (Lipinski definition) is 4. The SMILES string of the molecule is Nc1cc(C=O)c(O)c(C(F)F)n1. The Balaban J connectivity index is 3.35. The number of rotatable bonds is 2. The lowest BCUT2D eigenvalue weighted by Crippen LogP contribution is -1.99. The molecule has 1 aromatic rings. The Hall–Kier alpha value is -1.72. The number of hydrogen-bond donors (Lipinski definition) is 2. The Kier molecular flexibility index (Phi) is 2.41. The third-order valence-electron chi connectivity index (χ3n) is 1.40. The summed E-state index contributed by atoms with van der Waals surface area (Å²) in [5.41, 5.74) is 3.97. The number of carbonyl (C=O) groups excluding carboxylic acids is 1. The molecule has 0 aliphatic heterocycles. The first-order valence-electron chi connectivity index (χ1n) is 3.29. The summed E-state index contributed by atoms with van der Waals surface area (Å²) in [7, 11) is 0. The topological polar surface area (TPSA) is 76.2 Å². The van der Waals surface area contributed by atoms with Crippen molar-refractivity contribution in [1.82, 2.24) is 4.98 Å². The van der Waals surface area contributed by atoms with Gasteiger partial charge in [0.2, 0.25) is 0 Å². The molecule has 0 aliphatic rings. The number of aromatic hydroxyl groups is 1. The zero-order valence-corrected chi connectivity index (χ0v) is 6.37. The molecule has 6 heteroatoms. The number of carbonyl (C=O) groups is 1. The molecule has 0 aromatic carbocycles. The summed E-state index contributed by atoms with van der Waals surface area (Å²) in [6.07, 6.45) is -2.72. The molecule has 0 atom stereocenters. The Bertz CT molecular complexity index is 342. The molecule has 1 aromatic heterocycles. The third kappa shape index (κ3) is 1.71. The quantitative estimate of drug-likeness (QED) is 0.682. The summed E-state index contributed by atoms with van der Waals surface area (Å²) in [6, 6.07) is 1.02. The predicted molar refractivity (Wildman–Crippen MR) is 40.7 cm³/mol. The van der Waals surface area contributed by atoms with Crippen LogP contribution in [0.4, 0.5) is 14.6 Å². The maximum absolute atomic E-state index is 12.1. The van der Waals surface area contributed by atoms with E-state index in [4.69, 9.17) is 10.8 Å². The monoisotopic (exact) mass is 188 g/mol. The fourth-order valence-electron chi connectivity index (χ4n) is 0.842. The molecule has 13 heavy (non-hydrogen) atoms. The van der Waals surface area contributed by atoms with Gasteiger partial charge in [-0.3, -0.25) is 4.79 Å². The van der Waals surface area contributed by atoms with Gasteiger partial charge in [0.1, 0.15) is 5.82 Å². The maximum atomic E-state index is 12.1. The lowest BCUT2D eigenvalue weighted by Gasteiger charge is -2.05. The molecular formula is C7H6F2N2O2. The number of aldehydes is 1. The lowest BCUT2D eigenvalue weighted by molar-refractivity contribution is 0.111. The number of pyridine rings is 1. The second kappa shape index (κ2) is 3.34. The molecule has 0 saturated heterocycles. The Morgan fingerprint density at radius 1 is 1.62 bits per heavy atom. The van der Waals surface area contributed by atoms with Crippen LogP contribution in [-0.4, -0.2) is 16.4 Å². The van der Waals surface area contributed by atoms with Crippen LogP contribution in [0.25, 0.3) is 0 Å². The van der Waals surface area contributed by atoms with Crippen molar-refractivity contribution >= 4 is 12.1 Å². The molecule has 4 nitrogen and oxygen atoms in total. The summed E-state index contributed by atoms with van der Waals surface area (Å²) < 4.78 is 24.3. The van der Waals surface area contributed by atoms with E-state index in [2.05, 4.69) is 4.98 Å². The summed E-state index contributed by atoms with van der Waals surface area (Å²) in [4.78, 5) is 13.5. The van der Waals surface area contributed by atoms with E-state index in [-0.39, 0.29) is 17.7 Å². The van der Waals surface area contributed by atoms with Crippen LogP contribution in [0.3, 0.4) is 0 Å². The fraction of sp³-hybridized carbons (Fsp3) is 0.143. The van der Waals surface area contributed by atoms with Crippen LogP contribution in [0.1, 0.15) is 22.5 Å². The van der Waals surface area contributed by atoms with Gasteiger partial charge < -0.3 is 10.8 Å². The molecule has 0 unspecified atom stereocenters. The van der Waals surface area contributed by atoms with Gasteiger partial charge >= 0.3 is 0 Å². The van der Waals surface area contributed by atoms with Gasteiger partial charge in [0.05, 0.1) is 5.56 Å². The fourth-order valence-corrected chi connectivity index (χ4v) is 0.842. The number of nitrogens with zero attached hydrogens (tertiary/aromatic N) is 1. The van der Waals surface area contributed by atoms with Crippen LogP contribution in [0.15, 0.2) is 6.07 Å². The van der Waals surface area contributed by atoms with E-state index in [0.29, 0.717) is 0 Å². The van der Waals surface area contributed by atoms with E-state index in [9.17, 15) is 13.6 Å². The third-order valence-corrected chi connectivity index (χ3v) is 1.40. The summed E-state index contributed by atoms with van der Waals surface area (Å²) in [5.74, 6) is -1.05. The minimum absolute atomic E-state index is 0.227. The highest BCUT2D eigenvalue weighted by Gasteiger charge is 2.18. The van der Waals surface area contributed by atoms with E-state index >= 15 is 0 Å². The van der Waals surface area contributed by atoms with Crippen LogP contribution < -0.4 is 5.73 Å². The lowest BCUT2D eigenvalue weighted by atomic mass is 10.2. The summed E-state index contributed by atoms with van der Waals surface area (Å²) in [6.45, 7) is 0. The van der Waals surface area contributed by atoms with E-state index in [1.165, 1.54) is 0 Å². The maximum Gasteiger partial charge on any atom is 0.284 e. The molecule has 0 amide bonds. The average Bonchev–Trinajstić information content (AvgIpc) is 2.08. The van der Waals surface area contributed by atoms with Crippen molar-refractivity contribution in [2.45, 2.75) is 6.43 Å². The molecule has 3 N–H and O–H groups in total. The van der Waals surface area contributed by atoms with Crippen molar-refractivity contribution < 1.29 is 18.7 Å². The van der Waals surface area contributed by atoms with E-state index in [1.54, 1.807) is 0 Å². The van der Waals surface area contributed by atoms with Gasteiger partial charge in [0.15, 0.2) is 17.7 Å². The number of nitrogen functional groups attached to an aromatic ring is 1. The van der Waals surface area contributed by atoms with Gasteiger partial charge in [-0.25, -0.2) is 13.8 Å². The first-order chi connectivity index (χ1) is 6.06. The Labute approximate surface area is 72.0 Å². The van der Waals surface area contributed by atoms with Crippen molar-refractivity contribution in [3.05, 3.63) is 17.3 Å². The molecule has 0 bridgehead atoms. The van der Waals surface area contributed by atoms with Crippen molar-refractivity contribution in [2.75, 3.05) is 5.73 Å². The van der Waals surface area contributed by atoms with E-state index in [1.807, 2.05) is 0 Å². The number of aromatic nitrogens is 1. The summed E-state index contributed by atoms with van der Waals surface area (Å²) >= 11 is 0. The van der Waals surface area contributed by atoms with Crippen LogP contribution >= 0.6 is 0 Å². The molecule has 1 rings (SSSR count). The molecule has 0 saturated carbocycles. The van der Waals surface area contributed by atoms with Gasteiger partial charge in [-0.05, 0) is 6.07 Å². The van der Waals surface area contributed by atoms with Crippen LogP contribution in [-0.2, 0) is 0 Å². The second-order valence-corrected chi connectivity index (χ2v) is 2.29. The minimum atomic E-state index is -2.96. The van der Waals surface area contributed by atoms with Crippen molar-refractivity contribution in [3.8, 4) is 5.75 Å². The van der Waals surface area contributed by atoms with Crippen molar-refractivity contribution in [1.29, 1.82) is 0 Å². The molecular weight excluding hydrogens is 182 g/mol. The van der Waals surface area contributed by atoms with Crippen molar-refractivity contribution in [3.63, 3.8) is 0 Å². The molecule has 1 heterocycles. The first-order valence-corrected chi connectivity index (χ1v) is 3.29. The van der Waals surface area contributed by atoms with Gasteiger partial charge in [-0.2, -0.15) is 0 Å². The molecule has 0 spiro atoms. The normalized spacial score (nSPS) is 10.4. The van der Waals surface area contributed by atoms with Gasteiger partial charge in [0.25, 0.3) is 6.43 Å². The summed E-state index contributed by atoms with van der Waals surface area (Å²) in [5, 5.41) is 9.05. The second-order valence-electron chi connectivity index (χ2n) is 2.29. The van der Waals surface area contributed by atoms with E-state index in [0.717, 1.165) is 6.07 Å². The predicted octanol–water partition coefficient (Wildman–Crippen LogP) is 1.12. The zero-order valence-electron chi connectivity index (χ0n) is 6.37. The van der Waals surface area contributed by atoms with Crippen LogP contribution in [0.2, 0.25) is 0 Å². The first kappa shape index (κ1) is 9.37. The van der Waals surface area contributed by atoms with Gasteiger partial charge in [0, 0.05) is 0 Å². The number of nitrogens with two attached hydrogens (primary N) is 1. The van der Waals surface area contributed by atoms with E-state index < -0.39 is 17.9 Å². The van der Waals surface area contributed by atoms with Gasteiger partial charge in [-0.15, -0.1) is 0 Å². The van der Waals surface area contributed by atoms with Crippen molar-refractivity contribution in [2.24, 2.45) is 0 Å². The minimum Gasteiger partial charge on any atom is -0.505 e. The number of alkyl halides is 2. The smallest absolute Gasteiger partial charge is 0.284 e. The average molecular weight is 188 g/mol. The zero-order chi connectivity index (χ0) is 10.0. The number of anilines is 1. The highest BCUT2D eigenvalue weighted by molar-refractivity contribution is 5.81. The Morgan fingerprint density at radius 3 is 2.69 bits per heavy atom. The Morgan fingerprint density at radius 2 is 2.23 bits per heavy atom. The molecule has 0 fully saturated rings. The molecule has 0 aliphatic carbocycles. The number of halogens is 2. The molecule has 70 valence electrons. The highest BCUT2D eigenvalue weighted by Crippen LogP contribution is 2.29. The standard InChI is InChI=1S/C7H6F2N2O2/c8-7(9)5-6(13)3(2-12)1-4(10)11-5/h1-2,7,13H,(H2,10,11). The largest absolute Gasteiger partial charge is 0.505 e. The van der Waals surface area contributed by atoms with Gasteiger partial charge in [-0.1, -0.05) is 0 Å².